The molecule has 0 aromatic heterocycles. The van der Waals surface area contributed by atoms with E-state index in [1.165, 1.54) is 0 Å². The lowest BCUT2D eigenvalue weighted by molar-refractivity contribution is 0.0850. The van der Waals surface area contributed by atoms with Crippen molar-refractivity contribution in [2.45, 2.75) is 71.2 Å². The van der Waals surface area contributed by atoms with Crippen molar-refractivity contribution < 1.29 is 5.11 Å². The second-order valence-corrected chi connectivity index (χ2v) is 5.23. The number of aliphatic hydroxyl groups is 1. The third kappa shape index (κ3) is 3.72. The highest BCUT2D eigenvalue weighted by atomic mass is 16.3. The number of nitrogens with one attached hydrogen (secondary N) is 2. The van der Waals surface area contributed by atoms with Crippen LogP contribution in [0.3, 0.4) is 0 Å². The van der Waals surface area contributed by atoms with Crippen LogP contribution in [-0.4, -0.2) is 35.9 Å². The Hall–Kier alpha value is -0.120. The maximum atomic E-state index is 9.92. The minimum absolute atomic E-state index is 0.138. The zero-order valence-electron chi connectivity index (χ0n) is 11.2. The molecule has 1 heterocycles. The summed E-state index contributed by atoms with van der Waals surface area (Å²) in [6.07, 6.45) is 2.87. The maximum absolute atomic E-state index is 9.92. The van der Waals surface area contributed by atoms with Gasteiger partial charge in [0.05, 0.1) is 6.10 Å². The highest BCUT2D eigenvalue weighted by Crippen LogP contribution is 2.19. The van der Waals surface area contributed by atoms with E-state index in [-0.39, 0.29) is 6.10 Å². The van der Waals surface area contributed by atoms with Gasteiger partial charge in [0.25, 0.3) is 0 Å². The van der Waals surface area contributed by atoms with Crippen molar-refractivity contribution in [3.05, 3.63) is 0 Å². The summed E-state index contributed by atoms with van der Waals surface area (Å²) in [4.78, 5) is 0. The first-order valence-corrected chi connectivity index (χ1v) is 6.75. The van der Waals surface area contributed by atoms with Crippen molar-refractivity contribution in [1.29, 1.82) is 0 Å². The minimum atomic E-state index is -0.138. The van der Waals surface area contributed by atoms with Crippen LogP contribution in [0.25, 0.3) is 0 Å². The fourth-order valence-electron chi connectivity index (χ4n) is 2.53. The van der Waals surface area contributed by atoms with Crippen LogP contribution in [0.15, 0.2) is 0 Å². The molecule has 3 nitrogen and oxygen atoms in total. The number of aliphatic hydroxyl groups excluding tert-OH is 1. The lowest BCUT2D eigenvalue weighted by atomic mass is 9.89. The maximum Gasteiger partial charge on any atom is 0.0566 e. The predicted molar refractivity (Wildman–Crippen MR) is 68.5 cm³/mol. The molecule has 0 bridgehead atoms. The van der Waals surface area contributed by atoms with Gasteiger partial charge in [-0.25, -0.2) is 0 Å². The molecule has 0 spiro atoms. The van der Waals surface area contributed by atoms with Crippen LogP contribution in [-0.2, 0) is 0 Å². The van der Waals surface area contributed by atoms with E-state index < -0.39 is 0 Å². The Morgan fingerprint density at radius 3 is 2.38 bits per heavy atom. The van der Waals surface area contributed by atoms with Gasteiger partial charge in [-0.1, -0.05) is 20.3 Å². The van der Waals surface area contributed by atoms with Crippen molar-refractivity contribution in [1.82, 2.24) is 10.6 Å². The van der Waals surface area contributed by atoms with Crippen LogP contribution < -0.4 is 10.6 Å². The van der Waals surface area contributed by atoms with E-state index in [2.05, 4.69) is 38.3 Å². The molecule has 5 atom stereocenters. The number of hydrogen-bond acceptors (Lipinski definition) is 3. The Labute approximate surface area is 100 Å². The molecule has 96 valence electrons. The average molecular weight is 228 g/mol. The Morgan fingerprint density at radius 1 is 1.19 bits per heavy atom. The molecular formula is C13H28N2O. The number of rotatable bonds is 5. The standard InChI is InChI=1S/C13H28N2O/c1-5-11(13(16)6-2)7-12-8-14-9(3)10(4)15-12/h9-16H,5-8H2,1-4H3. The van der Waals surface area contributed by atoms with Crippen LogP contribution in [0.2, 0.25) is 0 Å². The summed E-state index contributed by atoms with van der Waals surface area (Å²) in [6.45, 7) is 9.70. The first-order chi connectivity index (χ1) is 7.58. The normalized spacial score (nSPS) is 34.7. The number of hydrogen-bond donors (Lipinski definition) is 3. The molecule has 0 radical (unpaired) electrons. The van der Waals surface area contributed by atoms with Gasteiger partial charge in [-0.15, -0.1) is 0 Å². The zero-order valence-corrected chi connectivity index (χ0v) is 11.2. The molecule has 16 heavy (non-hydrogen) atoms. The summed E-state index contributed by atoms with van der Waals surface area (Å²) in [5, 5.41) is 17.1. The SMILES string of the molecule is CCC(O)C(CC)CC1CNC(C)C(C)N1. The fourth-order valence-corrected chi connectivity index (χ4v) is 2.53. The van der Waals surface area contributed by atoms with Gasteiger partial charge in [0.2, 0.25) is 0 Å². The van der Waals surface area contributed by atoms with E-state index in [0.29, 0.717) is 24.0 Å². The molecule has 1 fully saturated rings. The van der Waals surface area contributed by atoms with Crippen molar-refractivity contribution in [2.75, 3.05) is 6.54 Å². The van der Waals surface area contributed by atoms with Gasteiger partial charge in [-0.3, -0.25) is 0 Å². The third-order valence-electron chi connectivity index (χ3n) is 4.01. The molecule has 1 aliphatic heterocycles. The van der Waals surface area contributed by atoms with Gasteiger partial charge >= 0.3 is 0 Å². The Kier molecular flexibility index (Phi) is 5.73. The first-order valence-electron chi connectivity index (χ1n) is 6.75. The monoisotopic (exact) mass is 228 g/mol. The Bertz CT molecular complexity index is 198. The molecule has 3 N–H and O–H groups in total. The number of piperazine rings is 1. The summed E-state index contributed by atoms with van der Waals surface area (Å²) in [6, 6.07) is 1.58. The second kappa shape index (κ2) is 6.58. The summed E-state index contributed by atoms with van der Waals surface area (Å²) >= 11 is 0. The lowest BCUT2D eigenvalue weighted by Crippen LogP contribution is -2.59. The van der Waals surface area contributed by atoms with Gasteiger partial charge in [-0.05, 0) is 32.6 Å². The van der Waals surface area contributed by atoms with E-state index in [1.807, 2.05) is 0 Å². The summed E-state index contributed by atoms with van der Waals surface area (Å²) < 4.78 is 0. The third-order valence-corrected chi connectivity index (χ3v) is 4.01. The molecule has 0 aliphatic carbocycles. The van der Waals surface area contributed by atoms with E-state index >= 15 is 0 Å². The molecule has 0 aromatic carbocycles. The van der Waals surface area contributed by atoms with Crippen LogP contribution in [0, 0.1) is 5.92 Å². The van der Waals surface area contributed by atoms with Crippen molar-refractivity contribution >= 4 is 0 Å². The summed E-state index contributed by atoms with van der Waals surface area (Å²) in [7, 11) is 0. The molecular weight excluding hydrogens is 200 g/mol. The van der Waals surface area contributed by atoms with Crippen LogP contribution in [0.1, 0.15) is 47.0 Å². The average Bonchev–Trinajstić information content (AvgIpc) is 2.29. The van der Waals surface area contributed by atoms with Crippen molar-refractivity contribution in [2.24, 2.45) is 5.92 Å². The van der Waals surface area contributed by atoms with Crippen molar-refractivity contribution in [3.63, 3.8) is 0 Å². The largest absolute Gasteiger partial charge is 0.393 e. The van der Waals surface area contributed by atoms with E-state index in [4.69, 9.17) is 0 Å². The van der Waals surface area contributed by atoms with Gasteiger partial charge in [0, 0.05) is 24.7 Å². The molecule has 1 saturated heterocycles. The highest BCUT2D eigenvalue weighted by Gasteiger charge is 2.26. The molecule has 5 unspecified atom stereocenters. The van der Waals surface area contributed by atoms with Gasteiger partial charge in [0.15, 0.2) is 0 Å². The fraction of sp³-hybridized carbons (Fsp3) is 1.00. The molecule has 3 heteroatoms. The van der Waals surface area contributed by atoms with Crippen LogP contribution in [0.5, 0.6) is 0 Å². The first kappa shape index (κ1) is 13.9. The molecule has 1 rings (SSSR count). The van der Waals surface area contributed by atoms with Crippen LogP contribution >= 0.6 is 0 Å². The summed E-state index contributed by atoms with van der Waals surface area (Å²) in [5.41, 5.74) is 0. The van der Waals surface area contributed by atoms with Gasteiger partial charge in [-0.2, -0.15) is 0 Å². The topological polar surface area (TPSA) is 44.3 Å². The quantitative estimate of drug-likeness (QED) is 0.668. The smallest absolute Gasteiger partial charge is 0.0566 e. The molecule has 1 aliphatic rings. The van der Waals surface area contributed by atoms with Gasteiger partial charge in [0.1, 0.15) is 0 Å². The van der Waals surface area contributed by atoms with E-state index in [9.17, 15) is 5.11 Å². The highest BCUT2D eigenvalue weighted by molar-refractivity contribution is 4.88. The Balaban J connectivity index is 2.40. The van der Waals surface area contributed by atoms with Crippen molar-refractivity contribution in [3.8, 4) is 0 Å². The zero-order chi connectivity index (χ0) is 12.1. The lowest BCUT2D eigenvalue weighted by Gasteiger charge is -2.37. The Morgan fingerprint density at radius 2 is 1.88 bits per heavy atom. The predicted octanol–water partition coefficient (Wildman–Crippen LogP) is 1.51. The van der Waals surface area contributed by atoms with E-state index in [0.717, 1.165) is 25.8 Å². The minimum Gasteiger partial charge on any atom is -0.393 e. The second-order valence-electron chi connectivity index (χ2n) is 5.23. The van der Waals surface area contributed by atoms with Crippen LogP contribution in [0.4, 0.5) is 0 Å². The van der Waals surface area contributed by atoms with E-state index in [1.54, 1.807) is 0 Å². The molecule has 0 aromatic rings. The van der Waals surface area contributed by atoms with Gasteiger partial charge < -0.3 is 15.7 Å². The molecule has 0 amide bonds. The molecule has 0 saturated carbocycles. The summed E-state index contributed by atoms with van der Waals surface area (Å²) in [5.74, 6) is 0.435.